The molecule has 0 fully saturated rings. The highest BCUT2D eigenvalue weighted by molar-refractivity contribution is 7.15. The average molecular weight is 311 g/mol. The topological polar surface area (TPSA) is 50.2 Å². The molecule has 0 aliphatic rings. The molecule has 0 amide bonds. The Bertz CT molecular complexity index is 812. The largest absolute Gasteiger partial charge is 0.435 e. The summed E-state index contributed by atoms with van der Waals surface area (Å²) in [5.74, 6) is -0.404. The molecule has 0 bridgehead atoms. The number of hydrogen-bond donors (Lipinski definition) is 1. The monoisotopic (exact) mass is 311 g/mol. The van der Waals surface area contributed by atoms with Crippen LogP contribution in [0.1, 0.15) is 21.9 Å². The lowest BCUT2D eigenvalue weighted by molar-refractivity contribution is -0.140. The molecular weight excluding hydrogens is 303 g/mol. The zero-order valence-corrected chi connectivity index (χ0v) is 11.2. The standard InChI is InChI=1S/C13H8F3N3OS/c14-13(15,16)11-9(19-6-7-21-12(19)18-11)3-4-10(20)8-2-1-5-17-8/h1-7,17H/b4-3+. The molecule has 3 heterocycles. The molecule has 21 heavy (non-hydrogen) atoms. The summed E-state index contributed by atoms with van der Waals surface area (Å²) < 4.78 is 40.2. The number of aromatic amines is 1. The first-order valence-electron chi connectivity index (χ1n) is 5.85. The number of carbonyl (C=O) groups excluding carboxylic acids is 1. The number of rotatable bonds is 3. The lowest BCUT2D eigenvalue weighted by Crippen LogP contribution is -2.08. The van der Waals surface area contributed by atoms with Gasteiger partial charge in [0, 0.05) is 17.8 Å². The quantitative estimate of drug-likeness (QED) is 0.593. The first-order chi connectivity index (χ1) is 9.97. The van der Waals surface area contributed by atoms with Gasteiger partial charge in [0.05, 0.1) is 11.4 Å². The Hall–Kier alpha value is -2.35. The van der Waals surface area contributed by atoms with Gasteiger partial charge in [-0.15, -0.1) is 11.3 Å². The molecule has 0 atom stereocenters. The number of imidazole rings is 1. The van der Waals surface area contributed by atoms with E-state index in [9.17, 15) is 18.0 Å². The van der Waals surface area contributed by atoms with Crippen LogP contribution in [-0.4, -0.2) is 20.2 Å². The lowest BCUT2D eigenvalue weighted by atomic mass is 10.2. The molecule has 0 saturated carbocycles. The maximum absolute atomic E-state index is 13.0. The van der Waals surface area contributed by atoms with Crippen LogP contribution in [-0.2, 0) is 6.18 Å². The van der Waals surface area contributed by atoms with Gasteiger partial charge in [-0.25, -0.2) is 4.98 Å². The first-order valence-corrected chi connectivity index (χ1v) is 6.73. The fraction of sp³-hybridized carbons (Fsp3) is 0.0769. The van der Waals surface area contributed by atoms with E-state index in [0.717, 1.165) is 23.5 Å². The third-order valence-electron chi connectivity index (χ3n) is 2.82. The second kappa shape index (κ2) is 4.88. The molecule has 0 radical (unpaired) electrons. The predicted octanol–water partition coefficient (Wildman–Crippen LogP) is 3.64. The fourth-order valence-corrected chi connectivity index (χ4v) is 2.62. The highest BCUT2D eigenvalue weighted by atomic mass is 32.1. The Morgan fingerprint density at radius 2 is 2.24 bits per heavy atom. The Morgan fingerprint density at radius 3 is 2.90 bits per heavy atom. The highest BCUT2D eigenvalue weighted by Gasteiger charge is 2.37. The van der Waals surface area contributed by atoms with Crippen molar-refractivity contribution in [3.8, 4) is 0 Å². The van der Waals surface area contributed by atoms with E-state index in [4.69, 9.17) is 0 Å². The SMILES string of the molecule is O=C(/C=C/c1c(C(F)(F)F)nc2sccn12)c1ccc[nH]1. The van der Waals surface area contributed by atoms with Gasteiger partial charge >= 0.3 is 6.18 Å². The van der Waals surface area contributed by atoms with Crippen LogP contribution in [0.2, 0.25) is 0 Å². The van der Waals surface area contributed by atoms with Crippen molar-refractivity contribution in [1.82, 2.24) is 14.4 Å². The number of allylic oxidation sites excluding steroid dienone is 1. The molecule has 0 spiro atoms. The van der Waals surface area contributed by atoms with E-state index in [2.05, 4.69) is 9.97 Å². The van der Waals surface area contributed by atoms with E-state index in [1.807, 2.05) is 0 Å². The van der Waals surface area contributed by atoms with E-state index in [1.54, 1.807) is 23.7 Å². The number of ketones is 1. The molecule has 8 heteroatoms. The number of carbonyl (C=O) groups is 1. The molecule has 0 aliphatic carbocycles. The van der Waals surface area contributed by atoms with Gasteiger partial charge in [0.2, 0.25) is 5.78 Å². The highest BCUT2D eigenvalue weighted by Crippen LogP contribution is 2.33. The molecule has 3 aromatic heterocycles. The van der Waals surface area contributed by atoms with Crippen molar-refractivity contribution in [3.63, 3.8) is 0 Å². The minimum Gasteiger partial charge on any atom is -0.359 e. The second-order valence-electron chi connectivity index (χ2n) is 4.18. The van der Waals surface area contributed by atoms with Crippen molar-refractivity contribution in [1.29, 1.82) is 0 Å². The van der Waals surface area contributed by atoms with Gasteiger partial charge < -0.3 is 4.98 Å². The van der Waals surface area contributed by atoms with Crippen molar-refractivity contribution >= 4 is 28.2 Å². The van der Waals surface area contributed by atoms with Gasteiger partial charge in [0.1, 0.15) is 0 Å². The van der Waals surface area contributed by atoms with Crippen molar-refractivity contribution in [3.05, 3.63) is 53.1 Å². The van der Waals surface area contributed by atoms with Crippen LogP contribution in [0, 0.1) is 0 Å². The molecule has 108 valence electrons. The van der Waals surface area contributed by atoms with Gasteiger partial charge in [-0.1, -0.05) is 0 Å². The molecule has 3 rings (SSSR count). The number of alkyl halides is 3. The Labute approximate surface area is 120 Å². The Kier molecular flexibility index (Phi) is 3.17. The summed E-state index contributed by atoms with van der Waals surface area (Å²) in [6, 6.07) is 3.19. The zero-order chi connectivity index (χ0) is 15.0. The molecule has 0 unspecified atom stereocenters. The van der Waals surface area contributed by atoms with Crippen LogP contribution in [0.3, 0.4) is 0 Å². The summed E-state index contributed by atoms with van der Waals surface area (Å²) in [5.41, 5.74) is -0.838. The van der Waals surface area contributed by atoms with Crippen LogP contribution in [0.5, 0.6) is 0 Å². The Balaban J connectivity index is 2.03. The first kappa shape index (κ1) is 13.6. The van der Waals surface area contributed by atoms with Crippen molar-refractivity contribution in [2.24, 2.45) is 0 Å². The molecule has 0 aromatic carbocycles. The van der Waals surface area contributed by atoms with Crippen molar-refractivity contribution < 1.29 is 18.0 Å². The zero-order valence-electron chi connectivity index (χ0n) is 10.4. The summed E-state index contributed by atoms with van der Waals surface area (Å²) in [6.45, 7) is 0. The number of thiazole rings is 1. The number of nitrogens with one attached hydrogen (secondary N) is 1. The predicted molar refractivity (Wildman–Crippen MR) is 72.2 cm³/mol. The minimum absolute atomic E-state index is 0.154. The number of H-pyrrole nitrogens is 1. The third-order valence-corrected chi connectivity index (χ3v) is 3.58. The van der Waals surface area contributed by atoms with Gasteiger partial charge in [-0.2, -0.15) is 13.2 Å². The van der Waals surface area contributed by atoms with E-state index in [0.29, 0.717) is 5.69 Å². The third kappa shape index (κ3) is 2.49. The molecule has 1 N–H and O–H groups in total. The molecule has 0 saturated heterocycles. The summed E-state index contributed by atoms with van der Waals surface area (Å²) in [7, 11) is 0. The fourth-order valence-electron chi connectivity index (χ4n) is 1.90. The molecular formula is C13H8F3N3OS. The van der Waals surface area contributed by atoms with Crippen LogP contribution in [0.15, 0.2) is 36.0 Å². The summed E-state index contributed by atoms with van der Waals surface area (Å²) in [5, 5.41) is 1.63. The van der Waals surface area contributed by atoms with Crippen LogP contribution < -0.4 is 0 Å². The van der Waals surface area contributed by atoms with Gasteiger partial charge in [-0.05, 0) is 24.3 Å². The van der Waals surface area contributed by atoms with Gasteiger partial charge in [0.15, 0.2) is 10.7 Å². The summed E-state index contributed by atoms with van der Waals surface area (Å²) in [6.07, 6.45) is 0.723. The maximum atomic E-state index is 13.0. The number of aromatic nitrogens is 3. The van der Waals surface area contributed by atoms with Crippen LogP contribution in [0.4, 0.5) is 13.2 Å². The molecule has 4 nitrogen and oxygen atoms in total. The van der Waals surface area contributed by atoms with E-state index < -0.39 is 17.7 Å². The lowest BCUT2D eigenvalue weighted by Gasteiger charge is -2.03. The van der Waals surface area contributed by atoms with Crippen molar-refractivity contribution in [2.45, 2.75) is 6.18 Å². The van der Waals surface area contributed by atoms with Gasteiger partial charge in [-0.3, -0.25) is 9.20 Å². The van der Waals surface area contributed by atoms with E-state index >= 15 is 0 Å². The smallest absolute Gasteiger partial charge is 0.359 e. The number of hydrogen-bond acceptors (Lipinski definition) is 3. The molecule has 0 aliphatic heterocycles. The number of fused-ring (bicyclic) bond motifs is 1. The normalized spacial score (nSPS) is 12.5. The number of halogens is 3. The summed E-state index contributed by atoms with van der Waals surface area (Å²) in [4.78, 5) is 18.3. The molecule has 3 aromatic rings. The van der Waals surface area contributed by atoms with Crippen LogP contribution in [0.25, 0.3) is 11.0 Å². The average Bonchev–Trinajstić information content (AvgIpc) is 3.11. The second-order valence-corrected chi connectivity index (χ2v) is 5.05. The van der Waals surface area contributed by atoms with E-state index in [-0.39, 0.29) is 10.7 Å². The van der Waals surface area contributed by atoms with Gasteiger partial charge in [0.25, 0.3) is 0 Å². The van der Waals surface area contributed by atoms with Crippen LogP contribution >= 0.6 is 11.3 Å². The Morgan fingerprint density at radius 1 is 1.43 bits per heavy atom. The van der Waals surface area contributed by atoms with Crippen molar-refractivity contribution in [2.75, 3.05) is 0 Å². The summed E-state index contributed by atoms with van der Waals surface area (Å²) >= 11 is 1.10. The maximum Gasteiger partial charge on any atom is 0.435 e. The minimum atomic E-state index is -4.57. The number of nitrogens with zero attached hydrogens (tertiary/aromatic N) is 2. The van der Waals surface area contributed by atoms with E-state index in [1.165, 1.54) is 10.6 Å².